The SMILES string of the molecule is C=C(c1c(C)cc2c(c1CC(=O)CS(=O)(=O)c1cc(C(C)(C)O)co1)CCC2)C1CC1. The summed E-state index contributed by atoms with van der Waals surface area (Å²) in [4.78, 5) is 13.0. The molecule has 2 aliphatic carbocycles. The van der Waals surface area contributed by atoms with Gasteiger partial charge in [0.05, 0.1) is 11.9 Å². The molecule has 1 aromatic carbocycles. The molecule has 5 nitrogen and oxygen atoms in total. The summed E-state index contributed by atoms with van der Waals surface area (Å²) >= 11 is 0. The molecule has 1 N–H and O–H groups in total. The fourth-order valence-electron chi connectivity index (χ4n) is 4.60. The van der Waals surface area contributed by atoms with Gasteiger partial charge in [0.25, 0.3) is 0 Å². The number of ketones is 1. The number of aryl methyl sites for hydroxylation is 2. The van der Waals surface area contributed by atoms with Crippen molar-refractivity contribution in [3.63, 3.8) is 0 Å². The Morgan fingerprint density at radius 2 is 1.97 bits per heavy atom. The number of Topliss-reactive ketones (excluding diaryl/α,β-unsaturated/α-hetero) is 1. The Morgan fingerprint density at radius 3 is 2.58 bits per heavy atom. The van der Waals surface area contributed by atoms with Crippen LogP contribution < -0.4 is 0 Å². The van der Waals surface area contributed by atoms with Crippen LogP contribution in [0.25, 0.3) is 5.57 Å². The average Bonchev–Trinajstić information content (AvgIpc) is 3.17. The molecule has 6 heteroatoms. The normalized spacial score (nSPS) is 16.4. The molecule has 4 rings (SSSR count). The molecule has 0 amide bonds. The number of benzene rings is 1. The monoisotopic (exact) mass is 442 g/mol. The van der Waals surface area contributed by atoms with Crippen molar-refractivity contribution < 1.29 is 22.7 Å². The predicted molar refractivity (Wildman–Crippen MR) is 120 cm³/mol. The van der Waals surface area contributed by atoms with Gasteiger partial charge in [-0.15, -0.1) is 0 Å². The smallest absolute Gasteiger partial charge is 0.218 e. The number of hydrogen-bond acceptors (Lipinski definition) is 5. The number of carbonyl (C=O) groups excluding carboxylic acids is 1. The highest BCUT2D eigenvalue weighted by Crippen LogP contribution is 2.45. The van der Waals surface area contributed by atoms with E-state index in [4.69, 9.17) is 4.42 Å². The summed E-state index contributed by atoms with van der Waals surface area (Å²) in [5.41, 5.74) is 5.87. The van der Waals surface area contributed by atoms with Gasteiger partial charge in [-0.1, -0.05) is 12.6 Å². The van der Waals surface area contributed by atoms with Gasteiger partial charge < -0.3 is 9.52 Å². The van der Waals surface area contributed by atoms with Gasteiger partial charge >= 0.3 is 0 Å². The van der Waals surface area contributed by atoms with Crippen LogP contribution >= 0.6 is 0 Å². The second kappa shape index (κ2) is 7.75. The number of furan rings is 1. The lowest BCUT2D eigenvalue weighted by Gasteiger charge is -2.19. The number of hydrogen-bond donors (Lipinski definition) is 1. The molecule has 1 saturated carbocycles. The van der Waals surface area contributed by atoms with Crippen LogP contribution in [-0.4, -0.2) is 25.1 Å². The Bertz CT molecular complexity index is 1160. The van der Waals surface area contributed by atoms with Gasteiger partial charge in [0.15, 0.2) is 5.78 Å². The third-order valence-corrected chi connectivity index (χ3v) is 7.95. The molecule has 2 aromatic rings. The fourth-order valence-corrected chi connectivity index (χ4v) is 5.77. The molecule has 0 saturated heterocycles. The van der Waals surface area contributed by atoms with Crippen LogP contribution in [0.5, 0.6) is 0 Å². The van der Waals surface area contributed by atoms with E-state index in [-0.39, 0.29) is 17.3 Å². The molecular weight excluding hydrogens is 412 g/mol. The molecule has 1 heterocycles. The Labute approximate surface area is 184 Å². The fraction of sp³-hybridized carbons (Fsp3) is 0.480. The number of carbonyl (C=O) groups is 1. The molecule has 0 bridgehead atoms. The lowest BCUT2D eigenvalue weighted by Crippen LogP contribution is -2.20. The van der Waals surface area contributed by atoms with E-state index in [1.54, 1.807) is 13.8 Å². The summed E-state index contributed by atoms with van der Waals surface area (Å²) in [5.74, 6) is -0.506. The maximum Gasteiger partial charge on any atom is 0.218 e. The summed E-state index contributed by atoms with van der Waals surface area (Å²) in [6.07, 6.45) is 6.53. The second-order valence-corrected chi connectivity index (χ2v) is 11.4. The van der Waals surface area contributed by atoms with E-state index in [2.05, 4.69) is 19.6 Å². The van der Waals surface area contributed by atoms with Crippen molar-refractivity contribution in [2.24, 2.45) is 5.92 Å². The quantitative estimate of drug-likeness (QED) is 0.658. The summed E-state index contributed by atoms with van der Waals surface area (Å²) in [6.45, 7) is 9.48. The third-order valence-electron chi connectivity index (χ3n) is 6.42. The molecule has 0 atom stereocenters. The van der Waals surface area contributed by atoms with Crippen LogP contribution in [0.3, 0.4) is 0 Å². The van der Waals surface area contributed by atoms with Gasteiger partial charge in [-0.25, -0.2) is 8.42 Å². The highest BCUT2D eigenvalue weighted by atomic mass is 32.2. The van der Waals surface area contributed by atoms with E-state index >= 15 is 0 Å². The summed E-state index contributed by atoms with van der Waals surface area (Å²) in [7, 11) is -3.93. The van der Waals surface area contributed by atoms with E-state index in [1.807, 2.05) is 0 Å². The number of fused-ring (bicyclic) bond motifs is 1. The lowest BCUT2D eigenvalue weighted by atomic mass is 9.86. The lowest BCUT2D eigenvalue weighted by molar-refractivity contribution is -0.116. The van der Waals surface area contributed by atoms with Crippen molar-refractivity contribution >= 4 is 21.2 Å². The van der Waals surface area contributed by atoms with Crippen LogP contribution in [0, 0.1) is 12.8 Å². The maximum absolute atomic E-state index is 13.0. The summed E-state index contributed by atoms with van der Waals surface area (Å²) < 4.78 is 30.8. The molecule has 0 radical (unpaired) electrons. The molecule has 1 aromatic heterocycles. The zero-order valence-electron chi connectivity index (χ0n) is 18.5. The Balaban J connectivity index is 1.61. The largest absolute Gasteiger partial charge is 0.453 e. The molecular formula is C25H30O5S. The van der Waals surface area contributed by atoms with Gasteiger partial charge in [-0.05, 0) is 92.2 Å². The van der Waals surface area contributed by atoms with Gasteiger partial charge in [0.1, 0.15) is 5.75 Å². The third kappa shape index (κ3) is 4.41. The van der Waals surface area contributed by atoms with Gasteiger partial charge in [-0.3, -0.25) is 4.79 Å². The highest BCUT2D eigenvalue weighted by Gasteiger charge is 2.32. The van der Waals surface area contributed by atoms with E-state index in [0.29, 0.717) is 11.5 Å². The number of aliphatic hydroxyl groups is 1. The molecule has 2 aliphatic rings. The molecule has 31 heavy (non-hydrogen) atoms. The molecule has 1 fully saturated rings. The topological polar surface area (TPSA) is 84.6 Å². The summed E-state index contributed by atoms with van der Waals surface area (Å²) in [6, 6.07) is 3.52. The van der Waals surface area contributed by atoms with Crippen molar-refractivity contribution in [1.82, 2.24) is 0 Å². The average molecular weight is 443 g/mol. The highest BCUT2D eigenvalue weighted by molar-refractivity contribution is 7.92. The van der Waals surface area contributed by atoms with E-state index in [9.17, 15) is 18.3 Å². The number of allylic oxidation sites excluding steroid dienone is 1. The first-order chi connectivity index (χ1) is 14.5. The predicted octanol–water partition coefficient (Wildman–Crippen LogP) is 4.31. The van der Waals surface area contributed by atoms with Crippen molar-refractivity contribution in [3.05, 3.63) is 58.4 Å². The van der Waals surface area contributed by atoms with Gasteiger partial charge in [0.2, 0.25) is 14.9 Å². The first kappa shape index (κ1) is 22.0. The van der Waals surface area contributed by atoms with Crippen molar-refractivity contribution in [2.45, 2.75) is 70.0 Å². The number of rotatable bonds is 8. The number of sulfone groups is 1. The second-order valence-electron chi connectivity index (χ2n) is 9.53. The summed E-state index contributed by atoms with van der Waals surface area (Å²) in [5, 5.41) is 9.78. The minimum absolute atomic E-state index is 0.0867. The van der Waals surface area contributed by atoms with Gasteiger partial charge in [0, 0.05) is 18.1 Å². The Kier molecular flexibility index (Phi) is 5.51. The zero-order chi connectivity index (χ0) is 22.6. The van der Waals surface area contributed by atoms with Crippen LogP contribution in [0.1, 0.15) is 66.5 Å². The van der Waals surface area contributed by atoms with Gasteiger partial charge in [-0.2, -0.15) is 0 Å². The maximum atomic E-state index is 13.0. The Hall–Kier alpha value is -2.18. The van der Waals surface area contributed by atoms with Crippen molar-refractivity contribution in [1.29, 1.82) is 0 Å². The molecule has 0 aliphatic heterocycles. The van der Waals surface area contributed by atoms with E-state index in [1.165, 1.54) is 23.5 Å². The van der Waals surface area contributed by atoms with E-state index < -0.39 is 21.2 Å². The van der Waals surface area contributed by atoms with E-state index in [0.717, 1.165) is 54.4 Å². The first-order valence-corrected chi connectivity index (χ1v) is 12.5. The Morgan fingerprint density at radius 1 is 1.26 bits per heavy atom. The zero-order valence-corrected chi connectivity index (χ0v) is 19.3. The van der Waals surface area contributed by atoms with Crippen LogP contribution in [0.2, 0.25) is 0 Å². The minimum Gasteiger partial charge on any atom is -0.453 e. The molecule has 0 unspecified atom stereocenters. The first-order valence-electron chi connectivity index (χ1n) is 10.9. The van der Waals surface area contributed by atoms with Crippen LogP contribution in [0.4, 0.5) is 0 Å². The molecule has 166 valence electrons. The minimum atomic E-state index is -3.93. The molecule has 0 spiro atoms. The van der Waals surface area contributed by atoms with Crippen molar-refractivity contribution in [2.75, 3.05) is 5.75 Å². The van der Waals surface area contributed by atoms with Crippen LogP contribution in [0.15, 0.2) is 34.5 Å². The van der Waals surface area contributed by atoms with Crippen LogP contribution in [-0.2, 0) is 39.5 Å². The standard InChI is InChI=1S/C25H30O5S/c1-15-10-18-6-5-7-21(18)22(24(15)16(2)17-8-9-17)12-20(26)14-31(28,29)23-11-19(13-30-23)25(3,4)27/h10-11,13,17,27H,2,5-9,12,14H2,1,3-4H3. The van der Waals surface area contributed by atoms with Crippen molar-refractivity contribution in [3.8, 4) is 0 Å².